The second-order valence-corrected chi connectivity index (χ2v) is 5.80. The molecule has 4 heteroatoms. The highest BCUT2D eigenvalue weighted by atomic mass is 32.1. The number of rotatable bonds is 5. The van der Waals surface area contributed by atoms with E-state index in [1.165, 1.54) is 5.56 Å². The Balaban J connectivity index is 1.78. The maximum atomic E-state index is 5.20. The van der Waals surface area contributed by atoms with E-state index < -0.39 is 0 Å². The van der Waals surface area contributed by atoms with Gasteiger partial charge in [-0.25, -0.2) is 0 Å². The van der Waals surface area contributed by atoms with Gasteiger partial charge in [-0.2, -0.15) is 5.10 Å². The third kappa shape index (κ3) is 6.04. The van der Waals surface area contributed by atoms with E-state index in [9.17, 15) is 0 Å². The van der Waals surface area contributed by atoms with Crippen LogP contribution in [0, 0.1) is 0 Å². The summed E-state index contributed by atoms with van der Waals surface area (Å²) in [5, 5.41) is 7.63. The van der Waals surface area contributed by atoms with Crippen LogP contribution >= 0.6 is 12.2 Å². The van der Waals surface area contributed by atoms with Gasteiger partial charge in [0, 0.05) is 11.9 Å². The lowest BCUT2D eigenvalue weighted by atomic mass is 10.0. The summed E-state index contributed by atoms with van der Waals surface area (Å²) in [6.45, 7) is 4.35. The van der Waals surface area contributed by atoms with Crippen molar-refractivity contribution in [1.82, 2.24) is 5.43 Å². The zero-order valence-corrected chi connectivity index (χ0v) is 14.2. The Kier molecular flexibility index (Phi) is 6.51. The van der Waals surface area contributed by atoms with E-state index in [4.69, 9.17) is 12.2 Å². The fourth-order valence-corrected chi connectivity index (χ4v) is 2.14. The van der Waals surface area contributed by atoms with Gasteiger partial charge < -0.3 is 5.32 Å². The molecule has 0 aliphatic rings. The Morgan fingerprint density at radius 3 is 2.39 bits per heavy atom. The summed E-state index contributed by atoms with van der Waals surface area (Å²) in [5.41, 5.74) is 6.17. The molecule has 23 heavy (non-hydrogen) atoms. The minimum absolute atomic E-state index is 0.464. The van der Waals surface area contributed by atoms with Crippen LogP contribution in [0.1, 0.15) is 30.9 Å². The van der Waals surface area contributed by atoms with Crippen molar-refractivity contribution in [2.45, 2.75) is 19.8 Å². The maximum Gasteiger partial charge on any atom is 0.191 e. The van der Waals surface area contributed by atoms with Crippen LogP contribution in [-0.4, -0.2) is 11.3 Å². The van der Waals surface area contributed by atoms with Crippen LogP contribution < -0.4 is 10.7 Å². The SMILES string of the molecule is CC(C)c1ccc(NC(=S)N/N=C\C=C\c2ccccc2)cc1. The minimum Gasteiger partial charge on any atom is -0.331 e. The molecule has 0 aliphatic carbocycles. The van der Waals surface area contributed by atoms with Crippen molar-refractivity contribution in [2.75, 3.05) is 5.32 Å². The van der Waals surface area contributed by atoms with E-state index in [0.717, 1.165) is 11.3 Å². The van der Waals surface area contributed by atoms with Gasteiger partial charge in [-0.05, 0) is 47.5 Å². The van der Waals surface area contributed by atoms with Gasteiger partial charge in [0.25, 0.3) is 0 Å². The average molecular weight is 323 g/mol. The number of hydrazone groups is 1. The molecular formula is C19H21N3S. The van der Waals surface area contributed by atoms with E-state index >= 15 is 0 Å². The summed E-state index contributed by atoms with van der Waals surface area (Å²) in [6, 6.07) is 18.3. The van der Waals surface area contributed by atoms with Gasteiger partial charge in [-0.15, -0.1) is 0 Å². The Morgan fingerprint density at radius 1 is 1.04 bits per heavy atom. The van der Waals surface area contributed by atoms with Crippen LogP contribution in [0.5, 0.6) is 0 Å². The summed E-state index contributed by atoms with van der Waals surface area (Å²) in [4.78, 5) is 0. The fourth-order valence-electron chi connectivity index (χ4n) is 1.97. The number of hydrogen-bond donors (Lipinski definition) is 2. The molecule has 2 N–H and O–H groups in total. The van der Waals surface area contributed by atoms with Gasteiger partial charge in [-0.1, -0.05) is 62.4 Å². The topological polar surface area (TPSA) is 36.4 Å². The van der Waals surface area contributed by atoms with Crippen molar-refractivity contribution in [3.8, 4) is 0 Å². The molecule has 0 saturated carbocycles. The number of benzene rings is 2. The van der Waals surface area contributed by atoms with Crippen LogP contribution in [-0.2, 0) is 0 Å². The molecule has 0 atom stereocenters. The summed E-state index contributed by atoms with van der Waals surface area (Å²) in [5.74, 6) is 0.523. The molecule has 118 valence electrons. The summed E-state index contributed by atoms with van der Waals surface area (Å²) in [6.07, 6.45) is 5.51. The fraction of sp³-hybridized carbons (Fsp3) is 0.158. The Morgan fingerprint density at radius 2 is 1.74 bits per heavy atom. The van der Waals surface area contributed by atoms with Crippen molar-refractivity contribution in [2.24, 2.45) is 5.10 Å². The van der Waals surface area contributed by atoms with Crippen molar-refractivity contribution >= 4 is 35.3 Å². The van der Waals surface area contributed by atoms with Gasteiger partial charge in [0.1, 0.15) is 0 Å². The van der Waals surface area contributed by atoms with Crippen LogP contribution in [0.15, 0.2) is 65.8 Å². The third-order valence-corrected chi connectivity index (χ3v) is 3.44. The highest BCUT2D eigenvalue weighted by Gasteiger charge is 1.99. The summed E-state index contributed by atoms with van der Waals surface area (Å²) >= 11 is 5.20. The van der Waals surface area contributed by atoms with Gasteiger partial charge >= 0.3 is 0 Å². The predicted molar refractivity (Wildman–Crippen MR) is 104 cm³/mol. The average Bonchev–Trinajstić information content (AvgIpc) is 2.56. The number of nitrogens with one attached hydrogen (secondary N) is 2. The zero-order valence-electron chi connectivity index (χ0n) is 13.4. The van der Waals surface area contributed by atoms with Crippen molar-refractivity contribution in [1.29, 1.82) is 0 Å². The van der Waals surface area contributed by atoms with E-state index in [0.29, 0.717) is 11.0 Å². The zero-order chi connectivity index (χ0) is 16.5. The first kappa shape index (κ1) is 16.9. The monoisotopic (exact) mass is 323 g/mol. The van der Waals surface area contributed by atoms with Crippen LogP contribution in [0.2, 0.25) is 0 Å². The molecule has 3 nitrogen and oxygen atoms in total. The first-order valence-corrected chi connectivity index (χ1v) is 7.97. The first-order chi connectivity index (χ1) is 11.1. The van der Waals surface area contributed by atoms with Crippen LogP contribution in [0.25, 0.3) is 6.08 Å². The lowest BCUT2D eigenvalue weighted by molar-refractivity contribution is 0.867. The third-order valence-electron chi connectivity index (χ3n) is 3.25. The van der Waals surface area contributed by atoms with Crippen molar-refractivity contribution < 1.29 is 0 Å². The van der Waals surface area contributed by atoms with Crippen LogP contribution in [0.3, 0.4) is 0 Å². The number of allylic oxidation sites excluding steroid dienone is 1. The maximum absolute atomic E-state index is 5.20. The molecule has 0 spiro atoms. The first-order valence-electron chi connectivity index (χ1n) is 7.57. The van der Waals surface area contributed by atoms with Crippen molar-refractivity contribution in [3.63, 3.8) is 0 Å². The molecule has 2 aromatic carbocycles. The predicted octanol–water partition coefficient (Wildman–Crippen LogP) is 4.80. The van der Waals surface area contributed by atoms with Crippen molar-refractivity contribution in [3.05, 3.63) is 71.8 Å². The molecule has 0 amide bonds. The minimum atomic E-state index is 0.464. The van der Waals surface area contributed by atoms with E-state index in [1.54, 1.807) is 6.21 Å². The van der Waals surface area contributed by atoms with Gasteiger partial charge in [-0.3, -0.25) is 5.43 Å². The number of hydrogen-bond acceptors (Lipinski definition) is 2. The van der Waals surface area contributed by atoms with E-state index in [1.807, 2.05) is 54.6 Å². The lowest BCUT2D eigenvalue weighted by Crippen LogP contribution is -2.23. The normalized spacial score (nSPS) is 11.3. The van der Waals surface area contributed by atoms with E-state index in [2.05, 4.69) is 41.8 Å². The standard InChI is InChI=1S/C19H21N3S/c1-15(2)17-10-12-18(13-11-17)21-19(23)22-20-14-6-9-16-7-4-3-5-8-16/h3-15H,1-2H3,(H2,21,22,23)/b9-6+,20-14-. The Hall–Kier alpha value is -2.46. The van der Waals surface area contributed by atoms with Gasteiger partial charge in [0.05, 0.1) is 0 Å². The molecule has 0 unspecified atom stereocenters. The Labute approximate surface area is 143 Å². The second-order valence-electron chi connectivity index (χ2n) is 5.39. The number of anilines is 1. The molecular weight excluding hydrogens is 302 g/mol. The highest BCUT2D eigenvalue weighted by molar-refractivity contribution is 7.80. The molecule has 2 rings (SSSR count). The molecule has 0 fully saturated rings. The molecule has 0 heterocycles. The number of thiocarbonyl (C=S) groups is 1. The van der Waals surface area contributed by atoms with E-state index in [-0.39, 0.29) is 0 Å². The smallest absolute Gasteiger partial charge is 0.191 e. The molecule has 0 bridgehead atoms. The highest BCUT2D eigenvalue weighted by Crippen LogP contribution is 2.16. The van der Waals surface area contributed by atoms with Gasteiger partial charge in [0.15, 0.2) is 5.11 Å². The largest absolute Gasteiger partial charge is 0.331 e. The number of nitrogens with zero attached hydrogens (tertiary/aromatic N) is 1. The second kappa shape index (κ2) is 8.86. The van der Waals surface area contributed by atoms with Gasteiger partial charge in [0.2, 0.25) is 0 Å². The summed E-state index contributed by atoms with van der Waals surface area (Å²) in [7, 11) is 0. The molecule has 0 aliphatic heterocycles. The quantitative estimate of drug-likeness (QED) is 0.471. The molecule has 0 aromatic heterocycles. The molecule has 2 aromatic rings. The molecule has 0 saturated heterocycles. The Bertz CT molecular complexity index is 674. The summed E-state index contributed by atoms with van der Waals surface area (Å²) < 4.78 is 0. The van der Waals surface area contributed by atoms with Crippen LogP contribution in [0.4, 0.5) is 5.69 Å². The lowest BCUT2D eigenvalue weighted by Gasteiger charge is -2.09. The molecule has 0 radical (unpaired) electrons.